The van der Waals surface area contributed by atoms with E-state index in [9.17, 15) is 14.7 Å². The normalized spacial score (nSPS) is 27.9. The molecule has 1 aliphatic carbocycles. The number of amides is 2. The molecule has 2 aliphatic heterocycles. The topological polar surface area (TPSA) is 72.9 Å². The van der Waals surface area contributed by atoms with Gasteiger partial charge in [0.2, 0.25) is 11.8 Å². The first-order valence-corrected chi connectivity index (χ1v) is 9.61. The second-order valence-electron chi connectivity index (χ2n) is 7.60. The number of hydrogen-bond donors (Lipinski definition) is 2. The zero-order valence-electron chi connectivity index (χ0n) is 15.0. The number of halogens is 1. The monoisotopic (exact) mass is 373 g/mol. The number of carbonyl (C=O) groups excluding carboxylic acids is 2. The van der Waals surface area contributed by atoms with Gasteiger partial charge >= 0.3 is 0 Å². The molecule has 0 aromatic heterocycles. The van der Waals surface area contributed by atoms with E-state index in [0.717, 1.165) is 12.3 Å². The lowest BCUT2D eigenvalue weighted by Crippen LogP contribution is -2.54. The highest BCUT2D eigenvalue weighted by atomic mass is 35.5. The summed E-state index contributed by atoms with van der Waals surface area (Å²) in [6, 6.07) is -0.256. The van der Waals surface area contributed by atoms with Crippen molar-refractivity contribution in [3.63, 3.8) is 0 Å². The van der Waals surface area contributed by atoms with Crippen molar-refractivity contribution in [3.05, 3.63) is 0 Å². The van der Waals surface area contributed by atoms with E-state index >= 15 is 0 Å². The summed E-state index contributed by atoms with van der Waals surface area (Å²) < 4.78 is 0. The van der Waals surface area contributed by atoms with Crippen LogP contribution >= 0.6 is 12.4 Å². The number of nitrogens with zero attached hydrogens (tertiary/aromatic N) is 2. The SMILES string of the molecule is Cl.O=C(CCC1CCCCC1)N1CCN(C(=O)C2CC(O)CN2)CC1. The van der Waals surface area contributed by atoms with E-state index in [1.165, 1.54) is 32.1 Å². The number of hydrogen-bond acceptors (Lipinski definition) is 4. The molecule has 2 unspecified atom stereocenters. The molecule has 25 heavy (non-hydrogen) atoms. The van der Waals surface area contributed by atoms with Crippen LogP contribution in [0.1, 0.15) is 51.4 Å². The van der Waals surface area contributed by atoms with Crippen molar-refractivity contribution < 1.29 is 14.7 Å². The minimum absolute atomic E-state index is 0. The van der Waals surface area contributed by atoms with Gasteiger partial charge in [-0.2, -0.15) is 0 Å². The summed E-state index contributed by atoms with van der Waals surface area (Å²) in [5.41, 5.74) is 0. The number of aliphatic hydroxyl groups excluding tert-OH is 1. The Balaban J connectivity index is 0.00000225. The van der Waals surface area contributed by atoms with Crippen LogP contribution in [0.2, 0.25) is 0 Å². The number of rotatable bonds is 4. The number of aliphatic hydroxyl groups is 1. The predicted molar refractivity (Wildman–Crippen MR) is 98.6 cm³/mol. The summed E-state index contributed by atoms with van der Waals surface area (Å²) >= 11 is 0. The first-order valence-electron chi connectivity index (χ1n) is 9.61. The molecule has 3 rings (SSSR count). The third kappa shape index (κ3) is 5.56. The van der Waals surface area contributed by atoms with Crippen LogP contribution < -0.4 is 5.32 Å². The molecule has 3 fully saturated rings. The fraction of sp³-hybridized carbons (Fsp3) is 0.889. The van der Waals surface area contributed by atoms with Gasteiger partial charge in [0, 0.05) is 39.1 Å². The van der Waals surface area contributed by atoms with Gasteiger partial charge in [-0.1, -0.05) is 32.1 Å². The molecular formula is C18H32ClN3O3. The van der Waals surface area contributed by atoms with Gasteiger partial charge in [0.15, 0.2) is 0 Å². The standard InChI is InChI=1S/C18H31N3O3.ClH/c22-15-12-16(19-13-15)18(24)21-10-8-20(9-11-21)17(23)7-6-14-4-2-1-3-5-14;/h14-16,19,22H,1-13H2;1H. The lowest BCUT2D eigenvalue weighted by molar-refractivity contribution is -0.140. The molecule has 0 aromatic carbocycles. The van der Waals surface area contributed by atoms with Gasteiger partial charge < -0.3 is 20.2 Å². The Morgan fingerprint density at radius 2 is 1.64 bits per heavy atom. The molecule has 0 aromatic rings. The van der Waals surface area contributed by atoms with E-state index in [1.807, 2.05) is 9.80 Å². The fourth-order valence-corrected chi connectivity index (χ4v) is 4.26. The molecule has 1 saturated carbocycles. The van der Waals surface area contributed by atoms with Crippen molar-refractivity contribution in [2.45, 2.75) is 63.5 Å². The van der Waals surface area contributed by atoms with Gasteiger partial charge in [0.25, 0.3) is 0 Å². The van der Waals surface area contributed by atoms with Crippen LogP contribution in [0, 0.1) is 5.92 Å². The van der Waals surface area contributed by atoms with Gasteiger partial charge in [-0.05, 0) is 18.8 Å². The van der Waals surface area contributed by atoms with E-state index in [1.54, 1.807) is 0 Å². The second kappa shape index (κ2) is 9.74. The van der Waals surface area contributed by atoms with Crippen molar-refractivity contribution in [2.75, 3.05) is 32.7 Å². The number of piperazine rings is 1. The highest BCUT2D eigenvalue weighted by Crippen LogP contribution is 2.27. The molecule has 2 N–H and O–H groups in total. The van der Waals surface area contributed by atoms with Gasteiger partial charge in [0.1, 0.15) is 0 Å². The van der Waals surface area contributed by atoms with Gasteiger partial charge in [0.05, 0.1) is 12.1 Å². The van der Waals surface area contributed by atoms with Crippen molar-refractivity contribution in [2.24, 2.45) is 5.92 Å². The third-order valence-corrected chi connectivity index (χ3v) is 5.84. The smallest absolute Gasteiger partial charge is 0.239 e. The van der Waals surface area contributed by atoms with E-state index in [-0.39, 0.29) is 30.3 Å². The summed E-state index contributed by atoms with van der Waals surface area (Å²) in [6.45, 7) is 3.01. The van der Waals surface area contributed by atoms with Crippen LogP contribution in [0.5, 0.6) is 0 Å². The van der Waals surface area contributed by atoms with E-state index < -0.39 is 6.10 Å². The van der Waals surface area contributed by atoms with Crippen LogP contribution in [0.4, 0.5) is 0 Å². The Bertz CT molecular complexity index is 449. The van der Waals surface area contributed by atoms with E-state index in [0.29, 0.717) is 45.6 Å². The first-order chi connectivity index (χ1) is 11.6. The van der Waals surface area contributed by atoms with Crippen LogP contribution in [0.25, 0.3) is 0 Å². The molecule has 0 bridgehead atoms. The first kappa shape index (κ1) is 20.5. The average Bonchev–Trinajstić information content (AvgIpc) is 3.06. The molecule has 2 atom stereocenters. The molecule has 0 radical (unpaired) electrons. The Labute approximate surface area is 156 Å². The van der Waals surface area contributed by atoms with Gasteiger partial charge in [-0.15, -0.1) is 12.4 Å². The minimum Gasteiger partial charge on any atom is -0.392 e. The molecule has 2 saturated heterocycles. The molecule has 144 valence electrons. The molecule has 6 nitrogen and oxygen atoms in total. The van der Waals surface area contributed by atoms with Gasteiger partial charge in [-0.25, -0.2) is 0 Å². The Kier molecular flexibility index (Phi) is 7.97. The molecule has 3 aliphatic rings. The third-order valence-electron chi connectivity index (χ3n) is 5.84. The summed E-state index contributed by atoms with van der Waals surface area (Å²) in [6.07, 6.45) is 8.35. The Hall–Kier alpha value is -0.850. The van der Waals surface area contributed by atoms with Crippen molar-refractivity contribution in [1.29, 1.82) is 0 Å². The maximum Gasteiger partial charge on any atom is 0.239 e. The lowest BCUT2D eigenvalue weighted by atomic mass is 9.86. The Morgan fingerprint density at radius 1 is 1.00 bits per heavy atom. The van der Waals surface area contributed by atoms with Crippen LogP contribution in [0.15, 0.2) is 0 Å². The maximum atomic E-state index is 12.4. The molecular weight excluding hydrogens is 342 g/mol. The quantitative estimate of drug-likeness (QED) is 0.775. The summed E-state index contributed by atoms with van der Waals surface area (Å²) in [7, 11) is 0. The molecule has 0 spiro atoms. The number of β-amino-alcohol motifs (C(OH)–C–C–N with tert-alkyl or cyclic N) is 1. The zero-order chi connectivity index (χ0) is 16.9. The van der Waals surface area contributed by atoms with Crippen LogP contribution in [-0.2, 0) is 9.59 Å². The maximum absolute atomic E-state index is 12.4. The highest BCUT2D eigenvalue weighted by molar-refractivity contribution is 5.85. The summed E-state index contributed by atoms with van der Waals surface area (Å²) in [4.78, 5) is 28.6. The summed E-state index contributed by atoms with van der Waals surface area (Å²) in [5, 5.41) is 12.6. The minimum atomic E-state index is -0.415. The van der Waals surface area contributed by atoms with Crippen molar-refractivity contribution >= 4 is 24.2 Å². The Morgan fingerprint density at radius 3 is 2.24 bits per heavy atom. The van der Waals surface area contributed by atoms with Crippen LogP contribution in [-0.4, -0.2) is 71.6 Å². The zero-order valence-corrected chi connectivity index (χ0v) is 15.8. The largest absolute Gasteiger partial charge is 0.392 e. The molecule has 2 amide bonds. The summed E-state index contributed by atoms with van der Waals surface area (Å²) in [5.74, 6) is 1.06. The number of carbonyl (C=O) groups is 2. The number of nitrogens with one attached hydrogen (secondary N) is 1. The highest BCUT2D eigenvalue weighted by Gasteiger charge is 2.33. The van der Waals surface area contributed by atoms with Gasteiger partial charge in [-0.3, -0.25) is 9.59 Å². The average molecular weight is 374 g/mol. The molecule has 2 heterocycles. The predicted octanol–water partition coefficient (Wildman–Crippen LogP) is 1.16. The van der Waals surface area contributed by atoms with E-state index in [2.05, 4.69) is 5.32 Å². The molecule has 7 heteroatoms. The van der Waals surface area contributed by atoms with E-state index in [4.69, 9.17) is 0 Å². The van der Waals surface area contributed by atoms with Crippen molar-refractivity contribution in [1.82, 2.24) is 15.1 Å². The van der Waals surface area contributed by atoms with Crippen molar-refractivity contribution in [3.8, 4) is 0 Å². The lowest BCUT2D eigenvalue weighted by Gasteiger charge is -2.36. The second-order valence-corrected chi connectivity index (χ2v) is 7.60. The fourth-order valence-electron chi connectivity index (χ4n) is 4.26. The van der Waals surface area contributed by atoms with Crippen LogP contribution in [0.3, 0.4) is 0 Å².